The summed E-state index contributed by atoms with van der Waals surface area (Å²) in [5.74, 6) is 0.347. The Hall–Kier alpha value is -1.65. The van der Waals surface area contributed by atoms with Crippen LogP contribution >= 0.6 is 0 Å². The number of aryl methyl sites for hydroxylation is 1. The van der Waals surface area contributed by atoms with Crippen LogP contribution in [-0.2, 0) is 0 Å². The summed E-state index contributed by atoms with van der Waals surface area (Å²) in [6, 6.07) is 1.64. The second-order valence-electron chi connectivity index (χ2n) is 5.00. The topological polar surface area (TPSA) is 68.1 Å². The van der Waals surface area contributed by atoms with E-state index < -0.39 is 4.92 Å². The van der Waals surface area contributed by atoms with Gasteiger partial charge in [-0.2, -0.15) is 0 Å². The Kier molecular flexibility index (Phi) is 3.47. The molecule has 0 fully saturated rings. The molecule has 0 aliphatic rings. The Bertz CT molecular complexity index is 397. The minimum atomic E-state index is -0.396. The fourth-order valence-corrected chi connectivity index (χ4v) is 1.26. The van der Waals surface area contributed by atoms with Crippen molar-refractivity contribution in [2.45, 2.75) is 27.7 Å². The van der Waals surface area contributed by atoms with Crippen molar-refractivity contribution in [3.63, 3.8) is 0 Å². The number of rotatable bonds is 3. The number of hydrogen-bond donors (Lipinski definition) is 1. The van der Waals surface area contributed by atoms with E-state index in [-0.39, 0.29) is 11.1 Å². The van der Waals surface area contributed by atoms with Crippen molar-refractivity contribution in [3.05, 3.63) is 27.9 Å². The predicted octanol–water partition coefficient (Wildman–Crippen LogP) is 2.76. The summed E-state index contributed by atoms with van der Waals surface area (Å²) >= 11 is 0. The van der Waals surface area contributed by atoms with Crippen LogP contribution in [0.3, 0.4) is 0 Å². The molecule has 0 bridgehead atoms. The van der Waals surface area contributed by atoms with Crippen LogP contribution in [0.2, 0.25) is 0 Å². The van der Waals surface area contributed by atoms with Crippen LogP contribution < -0.4 is 5.32 Å². The van der Waals surface area contributed by atoms with Crippen molar-refractivity contribution in [2.75, 3.05) is 11.9 Å². The summed E-state index contributed by atoms with van der Waals surface area (Å²) in [5, 5.41) is 13.9. The lowest BCUT2D eigenvalue weighted by Gasteiger charge is -2.19. The van der Waals surface area contributed by atoms with Gasteiger partial charge in [0.15, 0.2) is 0 Å². The maximum absolute atomic E-state index is 10.9. The Morgan fingerprint density at radius 1 is 1.50 bits per heavy atom. The van der Waals surface area contributed by atoms with Crippen LogP contribution in [0, 0.1) is 22.5 Å². The molecule has 1 aromatic rings. The van der Waals surface area contributed by atoms with E-state index in [1.165, 1.54) is 0 Å². The van der Waals surface area contributed by atoms with Gasteiger partial charge in [0.05, 0.1) is 4.92 Å². The molecule has 0 amide bonds. The molecule has 16 heavy (non-hydrogen) atoms. The van der Waals surface area contributed by atoms with E-state index in [0.717, 1.165) is 0 Å². The zero-order valence-electron chi connectivity index (χ0n) is 10.1. The second kappa shape index (κ2) is 4.47. The lowest BCUT2D eigenvalue weighted by Crippen LogP contribution is -2.20. The van der Waals surface area contributed by atoms with E-state index in [9.17, 15) is 10.1 Å². The molecule has 1 aromatic heterocycles. The Labute approximate surface area is 95.0 Å². The predicted molar refractivity (Wildman–Crippen MR) is 63.6 cm³/mol. The molecule has 0 aliphatic heterocycles. The summed E-state index contributed by atoms with van der Waals surface area (Å²) in [6.07, 6.45) is 1.58. The summed E-state index contributed by atoms with van der Waals surface area (Å²) in [4.78, 5) is 14.5. The molecular weight excluding hydrogens is 206 g/mol. The van der Waals surface area contributed by atoms with Gasteiger partial charge in [-0.1, -0.05) is 20.8 Å². The number of nitro groups is 1. The number of nitrogens with one attached hydrogen (secondary N) is 1. The van der Waals surface area contributed by atoms with E-state index >= 15 is 0 Å². The highest BCUT2D eigenvalue weighted by Gasteiger charge is 2.19. The fourth-order valence-electron chi connectivity index (χ4n) is 1.26. The molecule has 1 N–H and O–H groups in total. The van der Waals surface area contributed by atoms with E-state index in [1.54, 1.807) is 19.2 Å². The van der Waals surface area contributed by atoms with Crippen molar-refractivity contribution in [2.24, 2.45) is 5.41 Å². The normalized spacial score (nSPS) is 11.2. The van der Waals surface area contributed by atoms with Crippen molar-refractivity contribution >= 4 is 11.5 Å². The number of nitrogens with zero attached hydrogens (tertiary/aromatic N) is 2. The Morgan fingerprint density at radius 2 is 2.12 bits per heavy atom. The van der Waals surface area contributed by atoms with Crippen LogP contribution in [0.5, 0.6) is 0 Å². The third-order valence-corrected chi connectivity index (χ3v) is 2.09. The molecule has 0 saturated carbocycles. The van der Waals surface area contributed by atoms with Gasteiger partial charge in [-0.25, -0.2) is 4.98 Å². The first-order valence-electron chi connectivity index (χ1n) is 5.15. The van der Waals surface area contributed by atoms with Crippen molar-refractivity contribution in [3.8, 4) is 0 Å². The quantitative estimate of drug-likeness (QED) is 0.632. The highest BCUT2D eigenvalue weighted by Crippen LogP contribution is 2.26. The van der Waals surface area contributed by atoms with Gasteiger partial charge in [0.25, 0.3) is 0 Å². The Morgan fingerprint density at radius 3 is 2.62 bits per heavy atom. The number of pyridine rings is 1. The maximum Gasteiger partial charge on any atom is 0.314 e. The van der Waals surface area contributed by atoms with E-state index in [4.69, 9.17) is 0 Å². The van der Waals surface area contributed by atoms with Crippen LogP contribution in [0.4, 0.5) is 11.5 Å². The molecule has 0 aliphatic carbocycles. The molecule has 0 saturated heterocycles. The number of anilines is 1. The van der Waals surface area contributed by atoms with Crippen molar-refractivity contribution < 1.29 is 4.92 Å². The van der Waals surface area contributed by atoms with Gasteiger partial charge in [0.1, 0.15) is 0 Å². The summed E-state index contributed by atoms with van der Waals surface area (Å²) < 4.78 is 0. The molecule has 0 aromatic carbocycles. The minimum Gasteiger partial charge on any atom is -0.364 e. The Balaban J connectivity index is 2.96. The smallest absolute Gasteiger partial charge is 0.314 e. The van der Waals surface area contributed by atoms with Crippen LogP contribution in [0.25, 0.3) is 0 Å². The zero-order valence-corrected chi connectivity index (χ0v) is 10.1. The highest BCUT2D eigenvalue weighted by atomic mass is 16.6. The summed E-state index contributed by atoms with van der Waals surface area (Å²) in [5.41, 5.74) is 0.738. The second-order valence-corrected chi connectivity index (χ2v) is 5.00. The van der Waals surface area contributed by atoms with Crippen LogP contribution in [0.1, 0.15) is 26.3 Å². The average Bonchev–Trinajstić information content (AvgIpc) is 2.12. The average molecular weight is 223 g/mol. The standard InChI is InChI=1S/C11H17N3O2/c1-8-5-6-12-10(9(8)14(15)16)13-7-11(2,3)4/h5-6H,7H2,1-4H3,(H,12,13). The first kappa shape index (κ1) is 12.4. The monoisotopic (exact) mass is 223 g/mol. The minimum absolute atomic E-state index is 0.0549. The van der Waals surface area contributed by atoms with Gasteiger partial charge in [-0.3, -0.25) is 10.1 Å². The summed E-state index contributed by atoms with van der Waals surface area (Å²) in [7, 11) is 0. The van der Waals surface area contributed by atoms with Crippen LogP contribution in [-0.4, -0.2) is 16.5 Å². The third-order valence-electron chi connectivity index (χ3n) is 2.09. The van der Waals surface area contributed by atoms with Gasteiger partial charge < -0.3 is 5.32 Å². The van der Waals surface area contributed by atoms with Crippen molar-refractivity contribution in [1.82, 2.24) is 4.98 Å². The van der Waals surface area contributed by atoms with Gasteiger partial charge in [0.2, 0.25) is 5.82 Å². The fraction of sp³-hybridized carbons (Fsp3) is 0.545. The molecule has 5 nitrogen and oxygen atoms in total. The molecule has 0 atom stereocenters. The van der Waals surface area contributed by atoms with Crippen LogP contribution in [0.15, 0.2) is 12.3 Å². The number of hydrogen-bond acceptors (Lipinski definition) is 4. The molecule has 0 unspecified atom stereocenters. The summed E-state index contributed by atoms with van der Waals surface area (Å²) in [6.45, 7) is 8.53. The molecule has 1 rings (SSSR count). The molecule has 1 heterocycles. The van der Waals surface area contributed by atoms with Crippen molar-refractivity contribution in [1.29, 1.82) is 0 Å². The van der Waals surface area contributed by atoms with Gasteiger partial charge in [0, 0.05) is 18.3 Å². The lowest BCUT2D eigenvalue weighted by atomic mass is 9.97. The van der Waals surface area contributed by atoms with Gasteiger partial charge in [-0.15, -0.1) is 0 Å². The van der Waals surface area contributed by atoms with E-state index in [2.05, 4.69) is 31.1 Å². The lowest BCUT2D eigenvalue weighted by molar-refractivity contribution is -0.384. The van der Waals surface area contributed by atoms with Gasteiger partial charge in [-0.05, 0) is 18.4 Å². The van der Waals surface area contributed by atoms with E-state index in [0.29, 0.717) is 17.9 Å². The first-order valence-corrected chi connectivity index (χ1v) is 5.15. The molecule has 0 spiro atoms. The maximum atomic E-state index is 10.9. The molecular formula is C11H17N3O2. The zero-order chi connectivity index (χ0) is 12.3. The molecule has 0 radical (unpaired) electrons. The first-order chi connectivity index (χ1) is 7.31. The van der Waals surface area contributed by atoms with Gasteiger partial charge >= 0.3 is 5.69 Å². The number of aromatic nitrogens is 1. The largest absolute Gasteiger partial charge is 0.364 e. The molecule has 5 heteroatoms. The third kappa shape index (κ3) is 3.18. The highest BCUT2D eigenvalue weighted by molar-refractivity contribution is 5.59. The SMILES string of the molecule is Cc1ccnc(NCC(C)(C)C)c1[N+](=O)[O-]. The molecule has 88 valence electrons. The van der Waals surface area contributed by atoms with E-state index in [1.807, 2.05) is 0 Å².